The Bertz CT molecular complexity index is 915. The second-order valence-electron chi connectivity index (χ2n) is 7.08. The molecule has 0 radical (unpaired) electrons. The van der Waals surface area contributed by atoms with Crippen molar-refractivity contribution in [2.45, 2.75) is 37.5 Å². The smallest absolute Gasteiger partial charge is 0.243 e. The summed E-state index contributed by atoms with van der Waals surface area (Å²) < 4.78 is 32.1. The minimum absolute atomic E-state index is 0.0915. The van der Waals surface area contributed by atoms with Gasteiger partial charge in [0.1, 0.15) is 5.75 Å². The number of methoxy groups -OCH3 is 1. The molecule has 152 valence electrons. The van der Waals surface area contributed by atoms with Gasteiger partial charge in [0.15, 0.2) is 5.13 Å². The van der Waals surface area contributed by atoms with Crippen molar-refractivity contribution >= 4 is 32.4 Å². The zero-order chi connectivity index (χ0) is 20.3. The molecule has 1 aromatic carbocycles. The molecule has 0 saturated carbocycles. The van der Waals surface area contributed by atoms with Crippen LogP contribution in [0, 0.1) is 5.92 Å². The third-order valence-corrected chi connectivity index (χ3v) is 7.55. The number of nitrogens with zero attached hydrogens (tertiary/aromatic N) is 2. The lowest BCUT2D eigenvalue weighted by Gasteiger charge is -2.30. The Kier molecular flexibility index (Phi) is 6.36. The van der Waals surface area contributed by atoms with Gasteiger partial charge in [0.05, 0.1) is 17.7 Å². The van der Waals surface area contributed by atoms with Gasteiger partial charge in [0.25, 0.3) is 0 Å². The molecule has 1 N–H and O–H groups in total. The van der Waals surface area contributed by atoms with E-state index in [-0.39, 0.29) is 16.7 Å². The summed E-state index contributed by atoms with van der Waals surface area (Å²) in [5.41, 5.74) is 0.959. The molecule has 1 aliphatic heterocycles. The van der Waals surface area contributed by atoms with Gasteiger partial charge in [-0.3, -0.25) is 4.79 Å². The van der Waals surface area contributed by atoms with Gasteiger partial charge in [-0.25, -0.2) is 13.4 Å². The van der Waals surface area contributed by atoms with Crippen molar-refractivity contribution in [3.8, 4) is 5.75 Å². The van der Waals surface area contributed by atoms with E-state index in [1.807, 2.05) is 5.38 Å². The highest BCUT2D eigenvalue weighted by molar-refractivity contribution is 7.89. The van der Waals surface area contributed by atoms with Crippen LogP contribution in [0.15, 0.2) is 34.5 Å². The number of piperidine rings is 1. The van der Waals surface area contributed by atoms with Gasteiger partial charge in [0, 0.05) is 24.4 Å². The number of amides is 1. The van der Waals surface area contributed by atoms with Gasteiger partial charge in [-0.05, 0) is 43.0 Å². The Morgan fingerprint density at radius 2 is 1.89 bits per heavy atom. The predicted molar refractivity (Wildman–Crippen MR) is 109 cm³/mol. The molecule has 0 unspecified atom stereocenters. The van der Waals surface area contributed by atoms with Crippen LogP contribution in [-0.2, 0) is 14.8 Å². The van der Waals surface area contributed by atoms with Crippen LogP contribution in [0.5, 0.6) is 5.75 Å². The molecular weight excluding hydrogens is 398 g/mol. The molecule has 1 saturated heterocycles. The highest BCUT2D eigenvalue weighted by atomic mass is 32.2. The molecule has 1 amide bonds. The van der Waals surface area contributed by atoms with Crippen LogP contribution < -0.4 is 10.1 Å². The minimum atomic E-state index is -3.57. The number of sulfonamides is 1. The predicted octanol–water partition coefficient (Wildman–Crippen LogP) is 3.31. The van der Waals surface area contributed by atoms with Gasteiger partial charge in [-0.2, -0.15) is 4.31 Å². The molecule has 1 aliphatic rings. The molecule has 7 nitrogen and oxygen atoms in total. The molecule has 0 spiro atoms. The van der Waals surface area contributed by atoms with Crippen molar-refractivity contribution in [2.24, 2.45) is 5.92 Å². The third-order valence-electron chi connectivity index (χ3n) is 4.87. The topological polar surface area (TPSA) is 88.6 Å². The van der Waals surface area contributed by atoms with Crippen LogP contribution in [0.2, 0.25) is 0 Å². The van der Waals surface area contributed by atoms with Crippen molar-refractivity contribution < 1.29 is 17.9 Å². The van der Waals surface area contributed by atoms with Gasteiger partial charge in [-0.15, -0.1) is 11.3 Å². The van der Waals surface area contributed by atoms with Crippen molar-refractivity contribution in [1.82, 2.24) is 9.29 Å². The summed E-state index contributed by atoms with van der Waals surface area (Å²) in [4.78, 5) is 17.2. The molecule has 3 rings (SSSR count). The molecule has 0 atom stereocenters. The lowest BCUT2D eigenvalue weighted by atomic mass is 9.97. The molecule has 9 heteroatoms. The van der Waals surface area contributed by atoms with Crippen molar-refractivity contribution in [3.63, 3.8) is 0 Å². The number of carbonyl (C=O) groups is 1. The largest absolute Gasteiger partial charge is 0.497 e. The van der Waals surface area contributed by atoms with Gasteiger partial charge < -0.3 is 10.1 Å². The van der Waals surface area contributed by atoms with E-state index in [1.54, 1.807) is 24.3 Å². The van der Waals surface area contributed by atoms with Crippen LogP contribution in [0.25, 0.3) is 0 Å². The Balaban J connectivity index is 1.59. The average molecular weight is 424 g/mol. The lowest BCUT2D eigenvalue weighted by molar-refractivity contribution is -0.120. The number of ether oxygens (including phenoxy) is 1. The highest BCUT2D eigenvalue weighted by Gasteiger charge is 2.32. The fourth-order valence-corrected chi connectivity index (χ4v) is 5.42. The number of thiazole rings is 1. The Labute approximate surface area is 169 Å². The number of nitrogens with one attached hydrogen (secondary N) is 1. The summed E-state index contributed by atoms with van der Waals surface area (Å²) in [7, 11) is -2.03. The highest BCUT2D eigenvalue weighted by Crippen LogP contribution is 2.27. The van der Waals surface area contributed by atoms with E-state index in [9.17, 15) is 13.2 Å². The first-order valence-electron chi connectivity index (χ1n) is 9.21. The summed E-state index contributed by atoms with van der Waals surface area (Å²) in [6.07, 6.45) is 0.979. The number of hydrogen-bond donors (Lipinski definition) is 1. The molecule has 1 aromatic heterocycles. The number of aromatic nitrogens is 1. The summed E-state index contributed by atoms with van der Waals surface area (Å²) in [6, 6.07) is 6.35. The molecule has 28 heavy (non-hydrogen) atoms. The summed E-state index contributed by atoms with van der Waals surface area (Å²) in [5, 5.41) is 5.42. The maximum absolute atomic E-state index is 12.8. The van der Waals surface area contributed by atoms with E-state index >= 15 is 0 Å². The second kappa shape index (κ2) is 8.59. The number of benzene rings is 1. The lowest BCUT2D eigenvalue weighted by Crippen LogP contribution is -2.41. The van der Waals surface area contributed by atoms with Crippen molar-refractivity contribution in [3.05, 3.63) is 35.3 Å². The van der Waals surface area contributed by atoms with E-state index in [0.29, 0.717) is 42.7 Å². The maximum Gasteiger partial charge on any atom is 0.243 e. The van der Waals surface area contributed by atoms with Gasteiger partial charge >= 0.3 is 0 Å². The quantitative estimate of drug-likeness (QED) is 0.770. The zero-order valence-corrected chi connectivity index (χ0v) is 17.8. The Morgan fingerprint density at radius 1 is 1.25 bits per heavy atom. The zero-order valence-electron chi connectivity index (χ0n) is 16.2. The van der Waals surface area contributed by atoms with E-state index < -0.39 is 10.0 Å². The first-order valence-corrected chi connectivity index (χ1v) is 11.5. The average Bonchev–Trinajstić information content (AvgIpc) is 3.17. The summed E-state index contributed by atoms with van der Waals surface area (Å²) in [6.45, 7) is 4.75. The molecular formula is C19H25N3O4S2. The standard InChI is InChI=1S/C19H25N3O4S2/c1-13(2)17-12-27-19(20-17)21-18(23)14-8-10-22(11-9-14)28(24,25)16-6-4-15(26-3)5-7-16/h4-7,12-14H,8-11H2,1-3H3,(H,20,21,23). The number of carbonyl (C=O) groups excluding carboxylic acids is 1. The Hall–Kier alpha value is -1.97. The number of anilines is 1. The van der Waals surface area contributed by atoms with E-state index in [1.165, 1.54) is 22.8 Å². The SMILES string of the molecule is COc1ccc(S(=O)(=O)N2CCC(C(=O)Nc3nc(C(C)C)cs3)CC2)cc1. The summed E-state index contributed by atoms with van der Waals surface area (Å²) in [5.74, 6) is 0.616. The maximum atomic E-state index is 12.8. The van der Waals surface area contributed by atoms with Crippen LogP contribution in [0.1, 0.15) is 38.3 Å². The molecule has 0 aliphatic carbocycles. The van der Waals surface area contributed by atoms with Crippen molar-refractivity contribution in [2.75, 3.05) is 25.5 Å². The monoisotopic (exact) mass is 423 g/mol. The van der Waals surface area contributed by atoms with Gasteiger partial charge in [-0.1, -0.05) is 13.8 Å². The van der Waals surface area contributed by atoms with Crippen LogP contribution in [0.4, 0.5) is 5.13 Å². The molecule has 0 bridgehead atoms. The van der Waals surface area contributed by atoms with Crippen molar-refractivity contribution in [1.29, 1.82) is 0 Å². The van der Waals surface area contributed by atoms with E-state index in [4.69, 9.17) is 4.74 Å². The van der Waals surface area contributed by atoms with E-state index in [2.05, 4.69) is 24.1 Å². The minimum Gasteiger partial charge on any atom is -0.497 e. The van der Waals surface area contributed by atoms with Crippen LogP contribution in [0.3, 0.4) is 0 Å². The molecule has 2 aromatic rings. The van der Waals surface area contributed by atoms with Crippen LogP contribution >= 0.6 is 11.3 Å². The Morgan fingerprint density at radius 3 is 2.43 bits per heavy atom. The second-order valence-corrected chi connectivity index (χ2v) is 9.87. The summed E-state index contributed by atoms with van der Waals surface area (Å²) >= 11 is 1.42. The number of hydrogen-bond acceptors (Lipinski definition) is 6. The van der Waals surface area contributed by atoms with Gasteiger partial charge in [0.2, 0.25) is 15.9 Å². The normalized spacial score (nSPS) is 16.3. The molecule has 1 fully saturated rings. The van der Waals surface area contributed by atoms with Crippen LogP contribution in [-0.4, -0.2) is 43.8 Å². The fourth-order valence-electron chi connectivity index (χ4n) is 3.07. The van der Waals surface area contributed by atoms with E-state index in [0.717, 1.165) is 5.69 Å². The number of rotatable bonds is 6. The molecule has 2 heterocycles. The first kappa shape index (κ1) is 20.8. The third kappa shape index (κ3) is 4.53. The first-order chi connectivity index (χ1) is 13.3. The fraction of sp³-hybridized carbons (Fsp3) is 0.474.